The van der Waals surface area contributed by atoms with Crippen molar-refractivity contribution in [1.82, 2.24) is 4.98 Å². The predicted octanol–water partition coefficient (Wildman–Crippen LogP) is 1.29. The van der Waals surface area contributed by atoms with E-state index in [9.17, 15) is 18.0 Å². The molecule has 3 nitrogen and oxygen atoms in total. The molecule has 1 rings (SSSR count). The number of methoxy groups -OCH3 is 1. The number of nitrogens with zero attached hydrogens (tertiary/aromatic N) is 1. The summed E-state index contributed by atoms with van der Waals surface area (Å²) in [6.45, 7) is 0. The van der Waals surface area contributed by atoms with Crippen molar-refractivity contribution in [3.8, 4) is 0 Å². The van der Waals surface area contributed by atoms with Gasteiger partial charge in [-0.25, -0.2) is 18.6 Å². The third-order valence-corrected chi connectivity index (χ3v) is 1.32. The quantitative estimate of drug-likeness (QED) is 0.495. The van der Waals surface area contributed by atoms with E-state index in [2.05, 4.69) is 9.72 Å². The van der Waals surface area contributed by atoms with Gasteiger partial charge in [0.15, 0.2) is 17.2 Å². The number of hydrogen-bond donors (Lipinski definition) is 0. The molecule has 1 aromatic rings. The number of halogens is 3. The Morgan fingerprint density at radius 3 is 2.62 bits per heavy atom. The van der Waals surface area contributed by atoms with Crippen LogP contribution >= 0.6 is 0 Å². The fourth-order valence-electron chi connectivity index (χ4n) is 0.720. The second-order valence-electron chi connectivity index (χ2n) is 2.08. The van der Waals surface area contributed by atoms with Crippen LogP contribution in [0.5, 0.6) is 0 Å². The number of pyridine rings is 1. The summed E-state index contributed by atoms with van der Waals surface area (Å²) in [6, 6.07) is 0. The zero-order chi connectivity index (χ0) is 10.0. The van der Waals surface area contributed by atoms with E-state index in [1.807, 2.05) is 0 Å². The van der Waals surface area contributed by atoms with Gasteiger partial charge in [-0.2, -0.15) is 4.39 Å². The standard InChI is InChI=1S/C7H4F3NO2/c1-13-7(12)4-5(9)3(8)2-11-6(4)10/h2H,1H3. The second-order valence-corrected chi connectivity index (χ2v) is 2.08. The van der Waals surface area contributed by atoms with E-state index >= 15 is 0 Å². The van der Waals surface area contributed by atoms with E-state index in [0.29, 0.717) is 6.20 Å². The van der Waals surface area contributed by atoms with Crippen molar-refractivity contribution in [2.45, 2.75) is 0 Å². The van der Waals surface area contributed by atoms with Crippen molar-refractivity contribution < 1.29 is 22.7 Å². The molecule has 1 heterocycles. The van der Waals surface area contributed by atoms with E-state index in [4.69, 9.17) is 0 Å². The molecule has 0 saturated heterocycles. The summed E-state index contributed by atoms with van der Waals surface area (Å²) in [5.41, 5.74) is -1.12. The van der Waals surface area contributed by atoms with Crippen LogP contribution in [-0.2, 0) is 4.74 Å². The van der Waals surface area contributed by atoms with Crippen molar-refractivity contribution in [3.05, 3.63) is 29.3 Å². The Hall–Kier alpha value is -1.59. The van der Waals surface area contributed by atoms with Gasteiger partial charge in [0.2, 0.25) is 5.95 Å². The minimum Gasteiger partial charge on any atom is -0.465 e. The second kappa shape index (κ2) is 3.42. The van der Waals surface area contributed by atoms with Crippen molar-refractivity contribution in [2.24, 2.45) is 0 Å². The summed E-state index contributed by atoms with van der Waals surface area (Å²) in [7, 11) is 0.923. The minimum atomic E-state index is -1.60. The Morgan fingerprint density at radius 2 is 2.08 bits per heavy atom. The summed E-state index contributed by atoms with van der Waals surface area (Å²) >= 11 is 0. The zero-order valence-corrected chi connectivity index (χ0v) is 6.47. The fraction of sp³-hybridized carbons (Fsp3) is 0.143. The van der Waals surface area contributed by atoms with E-state index in [0.717, 1.165) is 7.11 Å². The van der Waals surface area contributed by atoms with E-state index in [1.54, 1.807) is 0 Å². The van der Waals surface area contributed by atoms with Crippen LogP contribution in [0.15, 0.2) is 6.20 Å². The highest BCUT2D eigenvalue weighted by Gasteiger charge is 2.22. The topological polar surface area (TPSA) is 39.2 Å². The molecule has 0 bridgehead atoms. The van der Waals surface area contributed by atoms with Crippen LogP contribution in [0.3, 0.4) is 0 Å². The van der Waals surface area contributed by atoms with Gasteiger partial charge in [-0.3, -0.25) is 0 Å². The van der Waals surface area contributed by atoms with Gasteiger partial charge in [0.1, 0.15) is 0 Å². The normalized spacial score (nSPS) is 9.85. The molecule has 0 aliphatic heterocycles. The van der Waals surface area contributed by atoms with Crippen molar-refractivity contribution in [2.75, 3.05) is 7.11 Å². The lowest BCUT2D eigenvalue weighted by Gasteiger charge is -2.01. The lowest BCUT2D eigenvalue weighted by atomic mass is 10.2. The Labute approximate surface area is 71.2 Å². The van der Waals surface area contributed by atoms with Gasteiger partial charge < -0.3 is 4.74 Å². The van der Waals surface area contributed by atoms with E-state index in [-0.39, 0.29) is 0 Å². The molecule has 0 atom stereocenters. The Bertz CT molecular complexity index is 354. The lowest BCUT2D eigenvalue weighted by molar-refractivity contribution is 0.0587. The molecular formula is C7H4F3NO2. The number of hydrogen-bond acceptors (Lipinski definition) is 3. The third kappa shape index (κ3) is 1.61. The monoisotopic (exact) mass is 191 g/mol. The van der Waals surface area contributed by atoms with Crippen LogP contribution in [0.25, 0.3) is 0 Å². The predicted molar refractivity (Wildman–Crippen MR) is 35.5 cm³/mol. The van der Waals surface area contributed by atoms with Gasteiger partial charge in [-0.1, -0.05) is 0 Å². The molecule has 0 saturated carbocycles. The molecule has 0 fully saturated rings. The molecule has 0 aliphatic carbocycles. The first-order valence-electron chi connectivity index (χ1n) is 3.15. The van der Waals surface area contributed by atoms with Crippen LogP contribution in [0, 0.1) is 17.6 Å². The average Bonchev–Trinajstić information content (AvgIpc) is 2.12. The smallest absolute Gasteiger partial charge is 0.345 e. The Kier molecular flexibility index (Phi) is 2.50. The van der Waals surface area contributed by atoms with Gasteiger partial charge in [-0.05, 0) is 0 Å². The molecule has 0 amide bonds. The van der Waals surface area contributed by atoms with E-state index < -0.39 is 29.1 Å². The molecule has 0 unspecified atom stereocenters. The largest absolute Gasteiger partial charge is 0.465 e. The number of aromatic nitrogens is 1. The maximum Gasteiger partial charge on any atom is 0.345 e. The highest BCUT2D eigenvalue weighted by atomic mass is 19.2. The summed E-state index contributed by atoms with van der Waals surface area (Å²) < 4.78 is 41.9. The Morgan fingerprint density at radius 1 is 1.46 bits per heavy atom. The molecule has 6 heteroatoms. The van der Waals surface area contributed by atoms with Gasteiger partial charge >= 0.3 is 5.97 Å². The number of esters is 1. The Balaban J connectivity index is 3.33. The molecule has 70 valence electrons. The van der Waals surface area contributed by atoms with Crippen LogP contribution < -0.4 is 0 Å². The maximum absolute atomic E-state index is 12.7. The highest BCUT2D eigenvalue weighted by Crippen LogP contribution is 2.13. The fourth-order valence-corrected chi connectivity index (χ4v) is 0.720. The number of ether oxygens (including phenoxy) is 1. The van der Waals surface area contributed by atoms with Gasteiger partial charge in [0.25, 0.3) is 0 Å². The van der Waals surface area contributed by atoms with Crippen LogP contribution in [0.2, 0.25) is 0 Å². The number of carbonyl (C=O) groups excluding carboxylic acids is 1. The molecule has 0 aromatic carbocycles. The maximum atomic E-state index is 12.7. The van der Waals surface area contributed by atoms with Gasteiger partial charge in [0.05, 0.1) is 13.3 Å². The number of carbonyl (C=O) groups is 1. The SMILES string of the molecule is COC(=O)c1c(F)ncc(F)c1F. The van der Waals surface area contributed by atoms with Crippen LogP contribution in [0.4, 0.5) is 13.2 Å². The van der Waals surface area contributed by atoms with Crippen LogP contribution in [-0.4, -0.2) is 18.1 Å². The summed E-state index contributed by atoms with van der Waals surface area (Å²) in [5, 5.41) is 0. The van der Waals surface area contributed by atoms with Gasteiger partial charge in [-0.15, -0.1) is 0 Å². The summed E-state index contributed by atoms with van der Waals surface area (Å²) in [6.07, 6.45) is 0.344. The molecule has 0 aliphatic rings. The molecule has 0 spiro atoms. The summed E-state index contributed by atoms with van der Waals surface area (Å²) in [4.78, 5) is 13.5. The first kappa shape index (κ1) is 9.50. The van der Waals surface area contributed by atoms with E-state index in [1.165, 1.54) is 0 Å². The summed E-state index contributed by atoms with van der Waals surface area (Å²) in [5.74, 6) is -5.70. The first-order chi connectivity index (χ1) is 6.07. The van der Waals surface area contributed by atoms with Crippen molar-refractivity contribution in [3.63, 3.8) is 0 Å². The molecular weight excluding hydrogens is 187 g/mol. The van der Waals surface area contributed by atoms with Crippen LogP contribution in [0.1, 0.15) is 10.4 Å². The van der Waals surface area contributed by atoms with Crippen molar-refractivity contribution >= 4 is 5.97 Å². The molecule has 0 radical (unpaired) electrons. The minimum absolute atomic E-state index is 0.344. The first-order valence-corrected chi connectivity index (χ1v) is 3.15. The molecule has 0 N–H and O–H groups in total. The van der Waals surface area contributed by atoms with Crippen molar-refractivity contribution in [1.29, 1.82) is 0 Å². The molecule has 13 heavy (non-hydrogen) atoms. The third-order valence-electron chi connectivity index (χ3n) is 1.32. The number of rotatable bonds is 1. The molecule has 1 aromatic heterocycles. The average molecular weight is 191 g/mol. The lowest BCUT2D eigenvalue weighted by Crippen LogP contribution is -2.10. The zero-order valence-electron chi connectivity index (χ0n) is 6.47. The highest BCUT2D eigenvalue weighted by molar-refractivity contribution is 5.89. The van der Waals surface area contributed by atoms with Gasteiger partial charge in [0, 0.05) is 0 Å².